The summed E-state index contributed by atoms with van der Waals surface area (Å²) in [4.78, 5) is 28.3. The number of alkyl halides is 3. The first-order valence-electron chi connectivity index (χ1n) is 13.3. The van der Waals surface area contributed by atoms with Crippen molar-refractivity contribution < 1.29 is 13.2 Å². The monoisotopic (exact) mass is 569 g/mol. The smallest absolute Gasteiger partial charge is 0.370 e. The van der Waals surface area contributed by atoms with Crippen LogP contribution in [-0.2, 0) is 19.1 Å². The van der Waals surface area contributed by atoms with Crippen LogP contribution in [0.1, 0.15) is 43.0 Å². The Bertz CT molecular complexity index is 1550. The van der Waals surface area contributed by atoms with Crippen molar-refractivity contribution in [2.45, 2.75) is 51.4 Å². The second-order valence-electron chi connectivity index (χ2n) is 9.98. The zero-order valence-corrected chi connectivity index (χ0v) is 22.7. The minimum absolute atomic E-state index is 0.0474. The summed E-state index contributed by atoms with van der Waals surface area (Å²) < 4.78 is 42.4. The number of aliphatic imine (C=N–C) groups is 1. The number of rotatable bonds is 12. The van der Waals surface area contributed by atoms with E-state index in [2.05, 4.69) is 25.3 Å². The number of halogens is 3. The summed E-state index contributed by atoms with van der Waals surface area (Å²) in [6.45, 7) is 3.77. The molecule has 1 aromatic carbocycles. The van der Waals surface area contributed by atoms with Crippen molar-refractivity contribution in [3.05, 3.63) is 76.0 Å². The number of aryl methyl sites for hydroxylation is 1. The van der Waals surface area contributed by atoms with Crippen LogP contribution in [0.25, 0.3) is 28.1 Å². The van der Waals surface area contributed by atoms with Crippen molar-refractivity contribution in [1.82, 2.24) is 24.8 Å². The largest absolute Gasteiger partial charge is 0.416 e. The van der Waals surface area contributed by atoms with Gasteiger partial charge in [-0.3, -0.25) is 14.5 Å². The first-order valence-corrected chi connectivity index (χ1v) is 13.3. The molecule has 0 aliphatic rings. The molecule has 8 N–H and O–H groups in total. The van der Waals surface area contributed by atoms with Gasteiger partial charge in [0.05, 0.1) is 22.6 Å². The van der Waals surface area contributed by atoms with Crippen LogP contribution < -0.4 is 28.2 Å². The Morgan fingerprint density at radius 3 is 2.56 bits per heavy atom. The van der Waals surface area contributed by atoms with Crippen LogP contribution in [-0.4, -0.2) is 44.6 Å². The molecular formula is C28H34F3N9O. The summed E-state index contributed by atoms with van der Waals surface area (Å²) >= 11 is 0. The molecule has 0 amide bonds. The quantitative estimate of drug-likeness (QED) is 0.0992. The number of aromatic amines is 1. The Hall–Kier alpha value is -4.23. The number of nitrogens with zero attached hydrogens (tertiary/aromatic N) is 4. The Morgan fingerprint density at radius 1 is 1.12 bits per heavy atom. The summed E-state index contributed by atoms with van der Waals surface area (Å²) in [6.07, 6.45) is -0.468. The molecule has 4 rings (SSSR count). The lowest BCUT2D eigenvalue weighted by Gasteiger charge is -2.11. The highest BCUT2D eigenvalue weighted by molar-refractivity contribution is 5.81. The molecule has 0 bridgehead atoms. The maximum Gasteiger partial charge on any atom is 0.416 e. The van der Waals surface area contributed by atoms with Gasteiger partial charge in [0.2, 0.25) is 0 Å². The summed E-state index contributed by atoms with van der Waals surface area (Å²) in [7, 11) is 0. The molecular weight excluding hydrogens is 535 g/mol. The van der Waals surface area contributed by atoms with E-state index in [0.717, 1.165) is 30.7 Å². The Kier molecular flexibility index (Phi) is 9.40. The number of nitrogens with one attached hydrogen (secondary N) is 2. The van der Waals surface area contributed by atoms with Crippen LogP contribution in [0.4, 0.5) is 13.2 Å². The molecule has 3 aromatic heterocycles. The highest BCUT2D eigenvalue weighted by atomic mass is 19.4. The van der Waals surface area contributed by atoms with Gasteiger partial charge in [-0.1, -0.05) is 12.1 Å². The Balaban J connectivity index is 1.54. The zero-order chi connectivity index (χ0) is 29.6. The lowest BCUT2D eigenvalue weighted by molar-refractivity contribution is -0.137. The van der Waals surface area contributed by atoms with E-state index in [9.17, 15) is 18.0 Å². The van der Waals surface area contributed by atoms with Crippen LogP contribution >= 0.6 is 0 Å². The van der Waals surface area contributed by atoms with Crippen LogP contribution in [0.3, 0.4) is 0 Å². The third-order valence-corrected chi connectivity index (χ3v) is 6.43. The number of aromatic nitrogens is 4. The van der Waals surface area contributed by atoms with E-state index in [4.69, 9.17) is 17.2 Å². The number of nitrogens with two attached hydrogens (primary N) is 3. The predicted octanol–water partition coefficient (Wildman–Crippen LogP) is 3.22. The zero-order valence-electron chi connectivity index (χ0n) is 22.7. The Labute approximate surface area is 234 Å². The number of guanidine groups is 1. The molecule has 0 radical (unpaired) electrons. The van der Waals surface area contributed by atoms with Crippen LogP contribution in [0.15, 0.2) is 58.4 Å². The normalized spacial score (nSPS) is 12.5. The standard InChI is InChI=1S/C28H34F3N9O/c1-17(32)4-2-5-21-13-20(28(29,30)31)14-24(37-21)23-12-19-16-40(27(41)39-25(19)38-23)22-8-6-18(7-9-22)15-35-10-3-11-36-26(33)34/h6-9,12-14,16-17,35H,2-5,10-11,15,32H2,1H3,(H4,33,34,36)(H,38,39,41)/t17-/m0/s1. The van der Waals surface area contributed by atoms with Gasteiger partial charge in [-0.2, -0.15) is 18.2 Å². The molecule has 0 saturated heterocycles. The maximum atomic E-state index is 13.7. The minimum atomic E-state index is -4.53. The Morgan fingerprint density at radius 2 is 1.88 bits per heavy atom. The van der Waals surface area contributed by atoms with Crippen molar-refractivity contribution in [1.29, 1.82) is 0 Å². The molecule has 218 valence electrons. The highest BCUT2D eigenvalue weighted by Gasteiger charge is 2.32. The second-order valence-corrected chi connectivity index (χ2v) is 9.98. The number of benzene rings is 1. The van der Waals surface area contributed by atoms with E-state index >= 15 is 0 Å². The van der Waals surface area contributed by atoms with Crippen molar-refractivity contribution in [3.63, 3.8) is 0 Å². The lowest BCUT2D eigenvalue weighted by Crippen LogP contribution is -2.23. The number of hydrogen-bond donors (Lipinski definition) is 5. The van der Waals surface area contributed by atoms with Crippen LogP contribution in [0.2, 0.25) is 0 Å². The first-order chi connectivity index (χ1) is 19.5. The number of fused-ring (bicyclic) bond motifs is 1. The summed E-state index contributed by atoms with van der Waals surface area (Å²) in [5.41, 5.74) is 17.8. The third-order valence-electron chi connectivity index (χ3n) is 6.43. The second kappa shape index (κ2) is 13.0. The molecule has 3 heterocycles. The predicted molar refractivity (Wildman–Crippen MR) is 154 cm³/mol. The van der Waals surface area contributed by atoms with Gasteiger partial charge in [-0.15, -0.1) is 0 Å². The van der Waals surface area contributed by atoms with E-state index in [-0.39, 0.29) is 23.3 Å². The molecule has 0 unspecified atom stereocenters. The van der Waals surface area contributed by atoms with Crippen LogP contribution in [0, 0.1) is 0 Å². The van der Waals surface area contributed by atoms with Gasteiger partial charge in [-0.25, -0.2) is 4.79 Å². The maximum absolute atomic E-state index is 13.7. The molecule has 13 heteroatoms. The molecule has 0 fully saturated rings. The van der Waals surface area contributed by atoms with Gasteiger partial charge in [0.25, 0.3) is 0 Å². The first kappa shape index (κ1) is 29.7. The fourth-order valence-corrected chi connectivity index (χ4v) is 4.36. The molecule has 1 atom stereocenters. The topological polar surface area (TPSA) is 166 Å². The number of hydrogen-bond acceptors (Lipinski definition) is 6. The molecule has 0 aliphatic carbocycles. The van der Waals surface area contributed by atoms with E-state index in [1.165, 1.54) is 4.57 Å². The van der Waals surface area contributed by atoms with E-state index < -0.39 is 17.4 Å². The number of H-pyrrole nitrogens is 1. The third kappa shape index (κ3) is 8.14. The fourth-order valence-electron chi connectivity index (χ4n) is 4.36. The molecule has 0 aliphatic heterocycles. The molecule has 0 spiro atoms. The summed E-state index contributed by atoms with van der Waals surface area (Å²) in [5, 5.41) is 3.86. The van der Waals surface area contributed by atoms with Gasteiger partial charge < -0.3 is 27.5 Å². The van der Waals surface area contributed by atoms with Gasteiger partial charge in [0, 0.05) is 36.4 Å². The van der Waals surface area contributed by atoms with Crippen molar-refractivity contribution in [2.75, 3.05) is 13.1 Å². The van der Waals surface area contributed by atoms with Gasteiger partial charge in [-0.05, 0) is 75.0 Å². The van der Waals surface area contributed by atoms with Gasteiger partial charge in [0.15, 0.2) is 5.96 Å². The van der Waals surface area contributed by atoms with E-state index in [0.29, 0.717) is 54.8 Å². The van der Waals surface area contributed by atoms with Crippen LogP contribution in [0.5, 0.6) is 0 Å². The van der Waals surface area contributed by atoms with E-state index in [1.807, 2.05) is 31.2 Å². The SMILES string of the molecule is C[C@H](N)CCCc1cc(C(F)(F)F)cc(-c2cc3cn(-c4ccc(CNCCCN=C(N)N)cc4)c(=O)nc3[nH]2)n1. The van der Waals surface area contributed by atoms with Gasteiger partial charge in [0.1, 0.15) is 5.65 Å². The highest BCUT2D eigenvalue weighted by Crippen LogP contribution is 2.33. The van der Waals surface area contributed by atoms with E-state index in [1.54, 1.807) is 12.3 Å². The minimum Gasteiger partial charge on any atom is -0.370 e. The fraction of sp³-hybridized carbons (Fsp3) is 0.357. The average Bonchev–Trinajstić information content (AvgIpc) is 3.32. The summed E-state index contributed by atoms with van der Waals surface area (Å²) in [6, 6.07) is 11.1. The molecule has 41 heavy (non-hydrogen) atoms. The van der Waals surface area contributed by atoms with Crippen molar-refractivity contribution in [2.24, 2.45) is 22.2 Å². The molecule has 10 nitrogen and oxygen atoms in total. The molecule has 0 saturated carbocycles. The average molecular weight is 570 g/mol. The summed E-state index contributed by atoms with van der Waals surface area (Å²) in [5.74, 6) is 0.0737. The van der Waals surface area contributed by atoms with Gasteiger partial charge >= 0.3 is 11.9 Å². The van der Waals surface area contributed by atoms with Crippen molar-refractivity contribution in [3.8, 4) is 17.1 Å². The van der Waals surface area contributed by atoms with Crippen molar-refractivity contribution >= 4 is 17.0 Å². The molecule has 4 aromatic rings. The number of pyridine rings is 1. The lowest BCUT2D eigenvalue weighted by atomic mass is 10.1.